The lowest BCUT2D eigenvalue weighted by atomic mass is 10.2. The highest BCUT2D eigenvalue weighted by atomic mass is 16.5. The van der Waals surface area contributed by atoms with E-state index in [9.17, 15) is 14.4 Å². The Hall–Kier alpha value is -2.35. The Balaban J connectivity index is 1.77. The maximum absolute atomic E-state index is 12.3. The van der Waals surface area contributed by atoms with Crippen molar-refractivity contribution in [1.29, 1.82) is 0 Å². The summed E-state index contributed by atoms with van der Waals surface area (Å²) in [6.07, 6.45) is 1.74. The van der Waals surface area contributed by atoms with Gasteiger partial charge in [-0.25, -0.2) is 0 Å². The van der Waals surface area contributed by atoms with Crippen LogP contribution in [0.5, 0.6) is 0 Å². The molecule has 1 aliphatic rings. The average molecular weight is 351 g/mol. The van der Waals surface area contributed by atoms with Crippen LogP contribution >= 0.6 is 0 Å². The first-order chi connectivity index (χ1) is 12.0. The SMILES string of the molecule is COCCN(CCC(=O)N1CCN(C(=O)c2ccco2)CC1)C(C)=O. The minimum Gasteiger partial charge on any atom is -0.459 e. The second kappa shape index (κ2) is 9.22. The molecule has 0 radical (unpaired) electrons. The van der Waals surface area contributed by atoms with Crippen LogP contribution in [0.2, 0.25) is 0 Å². The summed E-state index contributed by atoms with van der Waals surface area (Å²) in [4.78, 5) is 41.1. The number of amides is 3. The number of ether oxygens (including phenoxy) is 1. The van der Waals surface area contributed by atoms with Gasteiger partial charge in [0.2, 0.25) is 11.8 Å². The van der Waals surface area contributed by atoms with Crippen molar-refractivity contribution in [2.24, 2.45) is 0 Å². The molecule has 8 nitrogen and oxygen atoms in total. The van der Waals surface area contributed by atoms with Gasteiger partial charge in [-0.3, -0.25) is 14.4 Å². The van der Waals surface area contributed by atoms with Gasteiger partial charge in [-0.15, -0.1) is 0 Å². The van der Waals surface area contributed by atoms with Crippen molar-refractivity contribution in [2.75, 3.05) is 53.0 Å². The van der Waals surface area contributed by atoms with Crippen molar-refractivity contribution in [1.82, 2.24) is 14.7 Å². The molecule has 1 aliphatic heterocycles. The highest BCUT2D eigenvalue weighted by Gasteiger charge is 2.26. The van der Waals surface area contributed by atoms with Gasteiger partial charge >= 0.3 is 0 Å². The van der Waals surface area contributed by atoms with Gasteiger partial charge in [-0.1, -0.05) is 0 Å². The Labute approximate surface area is 147 Å². The summed E-state index contributed by atoms with van der Waals surface area (Å²) in [6, 6.07) is 3.31. The highest BCUT2D eigenvalue weighted by Crippen LogP contribution is 2.10. The zero-order valence-corrected chi connectivity index (χ0v) is 14.8. The lowest BCUT2D eigenvalue weighted by molar-refractivity contribution is -0.134. The average Bonchev–Trinajstić information content (AvgIpc) is 3.15. The fourth-order valence-electron chi connectivity index (χ4n) is 2.73. The van der Waals surface area contributed by atoms with Crippen LogP contribution in [0.15, 0.2) is 22.8 Å². The number of furan rings is 1. The molecule has 0 saturated carbocycles. The first kappa shape index (κ1) is 19.0. The number of rotatable bonds is 7. The summed E-state index contributed by atoms with van der Waals surface area (Å²) < 4.78 is 10.1. The number of nitrogens with zero attached hydrogens (tertiary/aromatic N) is 3. The summed E-state index contributed by atoms with van der Waals surface area (Å²) >= 11 is 0. The summed E-state index contributed by atoms with van der Waals surface area (Å²) in [7, 11) is 1.58. The zero-order valence-electron chi connectivity index (χ0n) is 14.8. The van der Waals surface area contributed by atoms with Gasteiger partial charge in [0.15, 0.2) is 5.76 Å². The molecule has 0 spiro atoms. The van der Waals surface area contributed by atoms with E-state index in [-0.39, 0.29) is 24.1 Å². The Kier molecular flexibility index (Phi) is 7.00. The van der Waals surface area contributed by atoms with Gasteiger partial charge in [-0.2, -0.15) is 0 Å². The van der Waals surface area contributed by atoms with E-state index in [0.29, 0.717) is 51.6 Å². The summed E-state index contributed by atoms with van der Waals surface area (Å²) in [5, 5.41) is 0. The Bertz CT molecular complexity index is 579. The molecule has 1 saturated heterocycles. The standard InChI is InChI=1S/C17H25N3O5/c1-14(21)18(11-13-24-2)6-5-16(22)19-7-9-20(10-8-19)17(23)15-4-3-12-25-15/h3-4,12H,5-11,13H2,1-2H3. The molecule has 1 aromatic rings. The molecule has 0 unspecified atom stereocenters. The van der Waals surface area contributed by atoms with E-state index in [2.05, 4.69) is 0 Å². The molecule has 138 valence electrons. The van der Waals surface area contributed by atoms with Crippen molar-refractivity contribution in [3.8, 4) is 0 Å². The third kappa shape index (κ3) is 5.32. The topological polar surface area (TPSA) is 83.3 Å². The monoisotopic (exact) mass is 351 g/mol. The first-order valence-corrected chi connectivity index (χ1v) is 8.38. The molecule has 0 bridgehead atoms. The molecule has 0 aliphatic carbocycles. The van der Waals surface area contributed by atoms with E-state index in [1.165, 1.54) is 13.2 Å². The largest absolute Gasteiger partial charge is 0.459 e. The molecular formula is C17H25N3O5. The van der Waals surface area contributed by atoms with E-state index in [0.717, 1.165) is 0 Å². The van der Waals surface area contributed by atoms with Gasteiger partial charge in [0, 0.05) is 59.7 Å². The lowest BCUT2D eigenvalue weighted by Gasteiger charge is -2.34. The molecular weight excluding hydrogens is 326 g/mol. The highest BCUT2D eigenvalue weighted by molar-refractivity contribution is 5.91. The van der Waals surface area contributed by atoms with Gasteiger partial charge in [0.25, 0.3) is 5.91 Å². The third-order valence-corrected chi connectivity index (χ3v) is 4.26. The minimum absolute atomic E-state index is 0.00577. The van der Waals surface area contributed by atoms with Gasteiger partial charge in [0.1, 0.15) is 0 Å². The van der Waals surface area contributed by atoms with Crippen LogP contribution in [-0.4, -0.2) is 85.4 Å². The number of carbonyl (C=O) groups excluding carboxylic acids is 3. The van der Waals surface area contributed by atoms with Crippen molar-refractivity contribution in [3.63, 3.8) is 0 Å². The van der Waals surface area contributed by atoms with E-state index >= 15 is 0 Å². The van der Waals surface area contributed by atoms with Crippen molar-refractivity contribution >= 4 is 17.7 Å². The molecule has 2 rings (SSSR count). The molecule has 1 fully saturated rings. The van der Waals surface area contributed by atoms with Gasteiger partial charge in [0.05, 0.1) is 12.9 Å². The van der Waals surface area contributed by atoms with Crippen LogP contribution in [0.25, 0.3) is 0 Å². The molecule has 0 aromatic carbocycles. The van der Waals surface area contributed by atoms with E-state index < -0.39 is 0 Å². The van der Waals surface area contributed by atoms with Crippen LogP contribution in [0.3, 0.4) is 0 Å². The predicted octanol–water partition coefficient (Wildman–Crippen LogP) is 0.449. The smallest absolute Gasteiger partial charge is 0.289 e. The Morgan fingerprint density at radius 1 is 1.16 bits per heavy atom. The van der Waals surface area contributed by atoms with Crippen molar-refractivity contribution in [3.05, 3.63) is 24.2 Å². The molecule has 0 atom stereocenters. The summed E-state index contributed by atoms with van der Waals surface area (Å²) in [5.74, 6) is 0.0851. The molecule has 3 amide bonds. The second-order valence-corrected chi connectivity index (χ2v) is 5.90. The van der Waals surface area contributed by atoms with Crippen LogP contribution in [0.4, 0.5) is 0 Å². The molecule has 25 heavy (non-hydrogen) atoms. The quantitative estimate of drug-likeness (QED) is 0.712. The number of carbonyl (C=O) groups is 3. The number of methoxy groups -OCH3 is 1. The third-order valence-electron chi connectivity index (χ3n) is 4.26. The first-order valence-electron chi connectivity index (χ1n) is 8.38. The van der Waals surface area contributed by atoms with E-state index in [4.69, 9.17) is 9.15 Å². The van der Waals surface area contributed by atoms with Crippen molar-refractivity contribution in [2.45, 2.75) is 13.3 Å². The zero-order chi connectivity index (χ0) is 18.2. The maximum atomic E-state index is 12.3. The van der Waals surface area contributed by atoms with Gasteiger partial charge in [-0.05, 0) is 12.1 Å². The van der Waals surface area contributed by atoms with Crippen LogP contribution in [0, 0.1) is 0 Å². The second-order valence-electron chi connectivity index (χ2n) is 5.90. The van der Waals surface area contributed by atoms with Gasteiger partial charge < -0.3 is 23.9 Å². The minimum atomic E-state index is -0.153. The molecule has 2 heterocycles. The van der Waals surface area contributed by atoms with Crippen LogP contribution < -0.4 is 0 Å². The number of hydrogen-bond acceptors (Lipinski definition) is 5. The normalized spacial score (nSPS) is 14.5. The number of hydrogen-bond donors (Lipinski definition) is 0. The number of piperazine rings is 1. The Morgan fingerprint density at radius 3 is 2.40 bits per heavy atom. The van der Waals surface area contributed by atoms with Crippen molar-refractivity contribution < 1.29 is 23.5 Å². The summed E-state index contributed by atoms with van der Waals surface area (Å²) in [5.41, 5.74) is 0. The summed E-state index contributed by atoms with van der Waals surface area (Å²) in [6.45, 7) is 4.72. The fourth-order valence-corrected chi connectivity index (χ4v) is 2.73. The maximum Gasteiger partial charge on any atom is 0.289 e. The van der Waals surface area contributed by atoms with Crippen LogP contribution in [0.1, 0.15) is 23.9 Å². The predicted molar refractivity (Wildman–Crippen MR) is 89.9 cm³/mol. The molecule has 0 N–H and O–H groups in total. The lowest BCUT2D eigenvalue weighted by Crippen LogP contribution is -2.51. The van der Waals surface area contributed by atoms with Crippen LogP contribution in [-0.2, 0) is 14.3 Å². The molecule has 8 heteroatoms. The van der Waals surface area contributed by atoms with E-state index in [1.54, 1.807) is 33.9 Å². The molecule has 1 aromatic heterocycles. The van der Waals surface area contributed by atoms with E-state index in [1.807, 2.05) is 0 Å². The fraction of sp³-hybridized carbons (Fsp3) is 0.588. The Morgan fingerprint density at radius 2 is 1.84 bits per heavy atom.